The fraction of sp³-hybridized carbons (Fsp3) is 0.500. The number of carbonyl (C=O) groups is 1. The van der Waals surface area contributed by atoms with Crippen LogP contribution >= 0.6 is 0 Å². The highest BCUT2D eigenvalue weighted by atomic mass is 16.5. The van der Waals surface area contributed by atoms with Gasteiger partial charge in [-0.3, -0.25) is 4.79 Å². The zero-order valence-corrected chi connectivity index (χ0v) is 11.6. The fourth-order valence-corrected chi connectivity index (χ4v) is 1.58. The van der Waals surface area contributed by atoms with E-state index < -0.39 is 0 Å². The predicted octanol–water partition coefficient (Wildman–Crippen LogP) is 1.02. The van der Waals surface area contributed by atoms with Crippen LogP contribution in [-0.2, 0) is 16.1 Å². The van der Waals surface area contributed by atoms with Crippen molar-refractivity contribution in [2.24, 2.45) is 5.73 Å². The maximum Gasteiger partial charge on any atom is 0.248 e. The molecule has 1 amide bonds. The van der Waals surface area contributed by atoms with Crippen LogP contribution in [-0.4, -0.2) is 44.7 Å². The van der Waals surface area contributed by atoms with E-state index in [2.05, 4.69) is 0 Å². The minimum absolute atomic E-state index is 0.0312. The van der Waals surface area contributed by atoms with Crippen LogP contribution < -0.4 is 10.5 Å². The summed E-state index contributed by atoms with van der Waals surface area (Å²) in [7, 11) is 3.38. The number of rotatable bonds is 8. The molecule has 1 aromatic carbocycles. The average molecular weight is 266 g/mol. The van der Waals surface area contributed by atoms with Gasteiger partial charge < -0.3 is 20.1 Å². The summed E-state index contributed by atoms with van der Waals surface area (Å²) < 4.78 is 10.5. The van der Waals surface area contributed by atoms with Crippen molar-refractivity contribution < 1.29 is 14.3 Å². The number of ether oxygens (including phenoxy) is 2. The third kappa shape index (κ3) is 5.72. The van der Waals surface area contributed by atoms with Gasteiger partial charge in [0.15, 0.2) is 0 Å². The van der Waals surface area contributed by atoms with Crippen molar-refractivity contribution in [1.82, 2.24) is 4.90 Å². The number of nitrogens with two attached hydrogens (primary N) is 1. The number of hydrogen-bond acceptors (Lipinski definition) is 4. The molecule has 0 radical (unpaired) electrons. The zero-order valence-electron chi connectivity index (χ0n) is 11.6. The van der Waals surface area contributed by atoms with E-state index in [1.807, 2.05) is 24.3 Å². The molecule has 0 aliphatic rings. The Morgan fingerprint density at radius 1 is 1.42 bits per heavy atom. The van der Waals surface area contributed by atoms with Crippen molar-refractivity contribution in [3.05, 3.63) is 29.8 Å². The van der Waals surface area contributed by atoms with E-state index in [1.165, 1.54) is 0 Å². The first-order valence-electron chi connectivity index (χ1n) is 6.32. The molecule has 0 heterocycles. The summed E-state index contributed by atoms with van der Waals surface area (Å²) in [5, 5.41) is 0. The Morgan fingerprint density at radius 3 is 2.89 bits per heavy atom. The molecule has 0 aromatic heterocycles. The van der Waals surface area contributed by atoms with Crippen molar-refractivity contribution >= 4 is 5.91 Å². The number of carbonyl (C=O) groups excluding carboxylic acids is 1. The van der Waals surface area contributed by atoms with Crippen LogP contribution in [0.1, 0.15) is 12.0 Å². The van der Waals surface area contributed by atoms with Gasteiger partial charge in [0.25, 0.3) is 0 Å². The van der Waals surface area contributed by atoms with E-state index in [9.17, 15) is 4.79 Å². The van der Waals surface area contributed by atoms with Crippen LogP contribution in [0, 0.1) is 0 Å². The van der Waals surface area contributed by atoms with E-state index in [1.54, 1.807) is 19.1 Å². The SMILES string of the molecule is COc1cccc(COCC(=O)N(C)CCCN)c1. The quantitative estimate of drug-likeness (QED) is 0.763. The van der Waals surface area contributed by atoms with Crippen LogP contribution in [0.25, 0.3) is 0 Å². The Labute approximate surface area is 114 Å². The summed E-state index contributed by atoms with van der Waals surface area (Å²) in [6, 6.07) is 7.59. The van der Waals surface area contributed by atoms with Gasteiger partial charge in [-0.05, 0) is 30.7 Å². The Kier molecular flexibility index (Phi) is 6.92. The Morgan fingerprint density at radius 2 is 2.21 bits per heavy atom. The lowest BCUT2D eigenvalue weighted by molar-refractivity contribution is -0.135. The molecule has 19 heavy (non-hydrogen) atoms. The molecule has 0 aliphatic heterocycles. The first-order chi connectivity index (χ1) is 9.17. The van der Waals surface area contributed by atoms with Gasteiger partial charge in [-0.25, -0.2) is 0 Å². The second-order valence-corrected chi connectivity index (χ2v) is 4.30. The summed E-state index contributed by atoms with van der Waals surface area (Å²) in [6.45, 7) is 1.73. The molecule has 0 bridgehead atoms. The van der Waals surface area contributed by atoms with Crippen LogP contribution in [0.5, 0.6) is 5.75 Å². The second kappa shape index (κ2) is 8.50. The number of benzene rings is 1. The molecule has 0 aliphatic carbocycles. The second-order valence-electron chi connectivity index (χ2n) is 4.30. The van der Waals surface area contributed by atoms with Gasteiger partial charge in [0.2, 0.25) is 5.91 Å². The molecular weight excluding hydrogens is 244 g/mol. The standard InChI is InChI=1S/C14H22N2O3/c1-16(8-4-7-15)14(17)11-19-10-12-5-3-6-13(9-12)18-2/h3,5-6,9H,4,7-8,10-11,15H2,1-2H3. The summed E-state index contributed by atoms with van der Waals surface area (Å²) >= 11 is 0. The van der Waals surface area contributed by atoms with Crippen LogP contribution in [0.3, 0.4) is 0 Å². The van der Waals surface area contributed by atoms with Gasteiger partial charge in [0.05, 0.1) is 13.7 Å². The molecule has 0 fully saturated rings. The lowest BCUT2D eigenvalue weighted by Gasteiger charge is -2.16. The predicted molar refractivity (Wildman–Crippen MR) is 74.0 cm³/mol. The molecule has 1 rings (SSSR count). The highest BCUT2D eigenvalue weighted by molar-refractivity contribution is 5.77. The maximum atomic E-state index is 11.7. The highest BCUT2D eigenvalue weighted by Crippen LogP contribution is 2.13. The first-order valence-corrected chi connectivity index (χ1v) is 6.32. The summed E-state index contributed by atoms with van der Waals surface area (Å²) in [4.78, 5) is 13.3. The largest absolute Gasteiger partial charge is 0.497 e. The van der Waals surface area contributed by atoms with Gasteiger partial charge in [0, 0.05) is 13.6 Å². The molecule has 0 spiro atoms. The minimum atomic E-state index is -0.0312. The Hall–Kier alpha value is -1.59. The molecular formula is C14H22N2O3. The van der Waals surface area contributed by atoms with Gasteiger partial charge in [-0.1, -0.05) is 12.1 Å². The summed E-state index contributed by atoms with van der Waals surface area (Å²) in [5.74, 6) is 0.754. The lowest BCUT2D eigenvalue weighted by Crippen LogP contribution is -2.32. The van der Waals surface area contributed by atoms with Crippen LogP contribution in [0.4, 0.5) is 0 Å². The highest BCUT2D eigenvalue weighted by Gasteiger charge is 2.08. The smallest absolute Gasteiger partial charge is 0.248 e. The third-order valence-corrected chi connectivity index (χ3v) is 2.75. The number of methoxy groups -OCH3 is 1. The topological polar surface area (TPSA) is 64.8 Å². The molecule has 1 aromatic rings. The van der Waals surface area contributed by atoms with Gasteiger partial charge in [-0.15, -0.1) is 0 Å². The van der Waals surface area contributed by atoms with E-state index in [4.69, 9.17) is 15.2 Å². The zero-order chi connectivity index (χ0) is 14.1. The Bertz CT molecular complexity index is 396. The van der Waals surface area contributed by atoms with Crippen LogP contribution in [0.15, 0.2) is 24.3 Å². The van der Waals surface area contributed by atoms with Crippen molar-refractivity contribution in [2.45, 2.75) is 13.0 Å². The minimum Gasteiger partial charge on any atom is -0.497 e. The van der Waals surface area contributed by atoms with E-state index in [0.717, 1.165) is 17.7 Å². The van der Waals surface area contributed by atoms with Gasteiger partial charge in [0.1, 0.15) is 12.4 Å². The van der Waals surface area contributed by atoms with Crippen molar-refractivity contribution in [3.63, 3.8) is 0 Å². The molecule has 0 atom stereocenters. The number of amides is 1. The molecule has 0 saturated heterocycles. The monoisotopic (exact) mass is 266 g/mol. The summed E-state index contributed by atoms with van der Waals surface area (Å²) in [6.07, 6.45) is 0.804. The fourth-order valence-electron chi connectivity index (χ4n) is 1.58. The van der Waals surface area contributed by atoms with Crippen molar-refractivity contribution in [2.75, 3.05) is 33.9 Å². The number of likely N-dealkylation sites (N-methyl/N-ethyl adjacent to an activating group) is 1. The van der Waals surface area contributed by atoms with E-state index >= 15 is 0 Å². The molecule has 106 valence electrons. The van der Waals surface area contributed by atoms with Crippen molar-refractivity contribution in [1.29, 1.82) is 0 Å². The molecule has 5 nitrogen and oxygen atoms in total. The van der Waals surface area contributed by atoms with E-state index in [0.29, 0.717) is 19.7 Å². The lowest BCUT2D eigenvalue weighted by atomic mass is 10.2. The maximum absolute atomic E-state index is 11.7. The average Bonchev–Trinajstić information content (AvgIpc) is 2.44. The Balaban J connectivity index is 2.31. The number of hydrogen-bond donors (Lipinski definition) is 1. The van der Waals surface area contributed by atoms with Crippen LogP contribution in [0.2, 0.25) is 0 Å². The molecule has 5 heteroatoms. The van der Waals surface area contributed by atoms with E-state index in [-0.39, 0.29) is 12.5 Å². The molecule has 2 N–H and O–H groups in total. The summed E-state index contributed by atoms with van der Waals surface area (Å²) in [5.41, 5.74) is 6.38. The first kappa shape index (κ1) is 15.5. The molecule has 0 saturated carbocycles. The normalized spacial score (nSPS) is 10.3. The van der Waals surface area contributed by atoms with Gasteiger partial charge >= 0.3 is 0 Å². The molecule has 0 unspecified atom stereocenters. The number of nitrogens with zero attached hydrogens (tertiary/aromatic N) is 1. The third-order valence-electron chi connectivity index (χ3n) is 2.75. The van der Waals surface area contributed by atoms with Gasteiger partial charge in [-0.2, -0.15) is 0 Å². The van der Waals surface area contributed by atoms with Crippen molar-refractivity contribution in [3.8, 4) is 5.75 Å².